The molecule has 0 aliphatic carbocycles. The molecule has 0 bridgehead atoms. The molecular formula is C12H12FNS. The van der Waals surface area contributed by atoms with Crippen LogP contribution in [0.1, 0.15) is 11.1 Å². The van der Waals surface area contributed by atoms with Crippen molar-refractivity contribution in [2.24, 2.45) is 5.73 Å². The fourth-order valence-corrected chi connectivity index (χ4v) is 2.59. The van der Waals surface area contributed by atoms with Crippen LogP contribution in [-0.2, 0) is 6.54 Å². The molecule has 0 saturated carbocycles. The minimum absolute atomic E-state index is 0.228. The Morgan fingerprint density at radius 1 is 1.33 bits per heavy atom. The number of rotatable bonds is 2. The average molecular weight is 221 g/mol. The van der Waals surface area contributed by atoms with E-state index < -0.39 is 0 Å². The fraction of sp³-hybridized carbons (Fsp3) is 0.167. The maximum atomic E-state index is 13.0. The summed E-state index contributed by atoms with van der Waals surface area (Å²) in [6, 6.07) is 6.85. The van der Waals surface area contributed by atoms with E-state index in [2.05, 4.69) is 13.0 Å². The third-order valence-corrected chi connectivity index (χ3v) is 3.44. The molecule has 0 saturated heterocycles. The van der Waals surface area contributed by atoms with Gasteiger partial charge in [0, 0.05) is 11.4 Å². The first-order valence-corrected chi connectivity index (χ1v) is 5.63. The van der Waals surface area contributed by atoms with Crippen molar-refractivity contribution in [1.29, 1.82) is 0 Å². The number of halogens is 1. The van der Waals surface area contributed by atoms with Crippen molar-refractivity contribution in [1.82, 2.24) is 0 Å². The number of benzene rings is 1. The highest BCUT2D eigenvalue weighted by atomic mass is 32.1. The molecule has 2 aromatic rings. The Kier molecular flexibility index (Phi) is 2.84. The smallest absolute Gasteiger partial charge is 0.123 e. The minimum atomic E-state index is -0.228. The molecule has 0 fully saturated rings. The number of aryl methyl sites for hydroxylation is 1. The van der Waals surface area contributed by atoms with Gasteiger partial charge < -0.3 is 5.73 Å². The lowest BCUT2D eigenvalue weighted by Crippen LogP contribution is -1.99. The molecule has 1 aromatic heterocycles. The maximum Gasteiger partial charge on any atom is 0.123 e. The van der Waals surface area contributed by atoms with Crippen molar-refractivity contribution in [2.45, 2.75) is 13.5 Å². The van der Waals surface area contributed by atoms with Crippen LogP contribution in [0.2, 0.25) is 0 Å². The second-order valence-electron chi connectivity index (χ2n) is 3.44. The lowest BCUT2D eigenvalue weighted by Gasteiger charge is -2.07. The summed E-state index contributed by atoms with van der Waals surface area (Å²) in [5, 5.41) is 2.04. The summed E-state index contributed by atoms with van der Waals surface area (Å²) in [5.41, 5.74) is 8.73. The fourth-order valence-electron chi connectivity index (χ4n) is 1.60. The van der Waals surface area contributed by atoms with E-state index >= 15 is 0 Å². The molecule has 1 aromatic carbocycles. The Morgan fingerprint density at radius 2 is 2.13 bits per heavy atom. The predicted octanol–water partition coefficient (Wildman–Crippen LogP) is 3.32. The normalized spacial score (nSPS) is 10.6. The molecule has 3 heteroatoms. The standard InChI is InChI=1S/C12H12FNS/c1-8-4-5-15-12(8)11-3-2-10(13)6-9(11)7-14/h2-6H,7,14H2,1H3. The highest BCUT2D eigenvalue weighted by Crippen LogP contribution is 2.31. The second-order valence-corrected chi connectivity index (χ2v) is 4.35. The molecule has 0 radical (unpaired) electrons. The van der Waals surface area contributed by atoms with Gasteiger partial charge in [0.1, 0.15) is 5.82 Å². The van der Waals surface area contributed by atoms with Gasteiger partial charge in [-0.2, -0.15) is 0 Å². The molecule has 0 spiro atoms. The molecule has 78 valence electrons. The van der Waals surface area contributed by atoms with Crippen LogP contribution in [0, 0.1) is 12.7 Å². The first kappa shape index (κ1) is 10.3. The van der Waals surface area contributed by atoms with E-state index in [4.69, 9.17) is 5.73 Å². The third kappa shape index (κ3) is 1.94. The van der Waals surface area contributed by atoms with Crippen molar-refractivity contribution < 1.29 is 4.39 Å². The van der Waals surface area contributed by atoms with Crippen molar-refractivity contribution in [3.8, 4) is 10.4 Å². The summed E-state index contributed by atoms with van der Waals surface area (Å²) in [6.45, 7) is 2.42. The first-order chi connectivity index (χ1) is 7.22. The summed E-state index contributed by atoms with van der Waals surface area (Å²) in [4.78, 5) is 1.18. The van der Waals surface area contributed by atoms with Gasteiger partial charge in [-0.25, -0.2) is 4.39 Å². The maximum absolute atomic E-state index is 13.0. The lowest BCUT2D eigenvalue weighted by molar-refractivity contribution is 0.626. The van der Waals surface area contributed by atoms with Crippen molar-refractivity contribution >= 4 is 11.3 Å². The van der Waals surface area contributed by atoms with Gasteiger partial charge in [-0.1, -0.05) is 6.07 Å². The Labute approximate surface area is 92.4 Å². The van der Waals surface area contributed by atoms with Crippen molar-refractivity contribution in [3.05, 3.63) is 46.6 Å². The van der Waals surface area contributed by atoms with E-state index in [-0.39, 0.29) is 5.82 Å². The van der Waals surface area contributed by atoms with E-state index in [1.165, 1.54) is 22.6 Å². The summed E-state index contributed by atoms with van der Waals surface area (Å²) < 4.78 is 13.0. The van der Waals surface area contributed by atoms with Crippen LogP contribution < -0.4 is 5.73 Å². The van der Waals surface area contributed by atoms with Gasteiger partial charge in [-0.3, -0.25) is 0 Å². The zero-order valence-electron chi connectivity index (χ0n) is 8.46. The predicted molar refractivity (Wildman–Crippen MR) is 62.3 cm³/mol. The summed E-state index contributed by atoms with van der Waals surface area (Å²) in [5.74, 6) is -0.228. The molecule has 0 aliphatic heterocycles. The van der Waals surface area contributed by atoms with Gasteiger partial charge >= 0.3 is 0 Å². The summed E-state index contributed by atoms with van der Waals surface area (Å²) >= 11 is 1.66. The molecule has 1 nitrogen and oxygen atoms in total. The van der Waals surface area contributed by atoms with Crippen LogP contribution in [0.4, 0.5) is 4.39 Å². The van der Waals surface area contributed by atoms with E-state index in [1.807, 2.05) is 5.38 Å². The molecule has 2 rings (SSSR count). The molecule has 0 amide bonds. The van der Waals surface area contributed by atoms with Crippen molar-refractivity contribution in [3.63, 3.8) is 0 Å². The average Bonchev–Trinajstić information content (AvgIpc) is 2.64. The van der Waals surface area contributed by atoms with Gasteiger partial charge in [-0.15, -0.1) is 11.3 Å². The Bertz CT molecular complexity index is 476. The molecule has 0 unspecified atom stereocenters. The lowest BCUT2D eigenvalue weighted by atomic mass is 10.0. The highest BCUT2D eigenvalue weighted by molar-refractivity contribution is 7.13. The Hall–Kier alpha value is -1.19. The molecule has 2 N–H and O–H groups in total. The molecule has 1 heterocycles. The van der Waals surface area contributed by atoms with Crippen LogP contribution in [0.25, 0.3) is 10.4 Å². The van der Waals surface area contributed by atoms with Crippen LogP contribution in [0.15, 0.2) is 29.6 Å². The van der Waals surface area contributed by atoms with E-state index in [0.29, 0.717) is 6.54 Å². The van der Waals surface area contributed by atoms with Crippen molar-refractivity contribution in [2.75, 3.05) is 0 Å². The van der Waals surface area contributed by atoms with Gasteiger partial charge in [0.2, 0.25) is 0 Å². The first-order valence-electron chi connectivity index (χ1n) is 4.75. The largest absolute Gasteiger partial charge is 0.326 e. The van der Waals surface area contributed by atoms with Crippen LogP contribution >= 0.6 is 11.3 Å². The van der Waals surface area contributed by atoms with Crippen LogP contribution in [-0.4, -0.2) is 0 Å². The third-order valence-electron chi connectivity index (χ3n) is 2.39. The quantitative estimate of drug-likeness (QED) is 0.827. The topological polar surface area (TPSA) is 26.0 Å². The number of nitrogens with two attached hydrogens (primary N) is 1. The zero-order chi connectivity index (χ0) is 10.8. The van der Waals surface area contributed by atoms with Crippen LogP contribution in [0.3, 0.4) is 0 Å². The second kappa shape index (κ2) is 4.13. The van der Waals surface area contributed by atoms with E-state index in [9.17, 15) is 4.39 Å². The summed E-state index contributed by atoms with van der Waals surface area (Å²) in [6.07, 6.45) is 0. The molecule has 0 aliphatic rings. The Balaban J connectivity index is 2.58. The number of hydrogen-bond donors (Lipinski definition) is 1. The van der Waals surface area contributed by atoms with Gasteiger partial charge in [0.15, 0.2) is 0 Å². The molecular weight excluding hydrogens is 209 g/mol. The van der Waals surface area contributed by atoms with Gasteiger partial charge in [0.05, 0.1) is 0 Å². The molecule has 15 heavy (non-hydrogen) atoms. The number of hydrogen-bond acceptors (Lipinski definition) is 2. The van der Waals surface area contributed by atoms with Crippen LogP contribution in [0.5, 0.6) is 0 Å². The van der Waals surface area contributed by atoms with E-state index in [1.54, 1.807) is 17.4 Å². The van der Waals surface area contributed by atoms with E-state index in [0.717, 1.165) is 11.1 Å². The number of thiophene rings is 1. The summed E-state index contributed by atoms with van der Waals surface area (Å²) in [7, 11) is 0. The highest BCUT2D eigenvalue weighted by Gasteiger charge is 2.08. The molecule has 0 atom stereocenters. The van der Waals surface area contributed by atoms with Gasteiger partial charge in [-0.05, 0) is 47.2 Å². The Morgan fingerprint density at radius 3 is 2.73 bits per heavy atom. The SMILES string of the molecule is Cc1ccsc1-c1ccc(F)cc1CN. The monoisotopic (exact) mass is 221 g/mol. The zero-order valence-corrected chi connectivity index (χ0v) is 9.27. The van der Waals surface area contributed by atoms with Gasteiger partial charge in [0.25, 0.3) is 0 Å². The minimum Gasteiger partial charge on any atom is -0.326 e.